The van der Waals surface area contributed by atoms with Gasteiger partial charge in [-0.2, -0.15) is 4.31 Å². The lowest BCUT2D eigenvalue weighted by molar-refractivity contribution is 0.164. The van der Waals surface area contributed by atoms with E-state index in [1.54, 1.807) is 13.2 Å². The van der Waals surface area contributed by atoms with Crippen molar-refractivity contribution in [3.63, 3.8) is 0 Å². The minimum atomic E-state index is -3.59. The molecular formula is C19H23N5O2S. The van der Waals surface area contributed by atoms with E-state index < -0.39 is 10.0 Å². The summed E-state index contributed by atoms with van der Waals surface area (Å²) in [6.07, 6.45) is 6.10. The highest BCUT2D eigenvalue weighted by Crippen LogP contribution is 2.27. The Kier molecular flexibility index (Phi) is 4.94. The molecule has 0 radical (unpaired) electrons. The molecule has 7 nitrogen and oxygen atoms in total. The first-order chi connectivity index (χ1) is 13.1. The van der Waals surface area contributed by atoms with Crippen LogP contribution in [-0.2, 0) is 16.6 Å². The van der Waals surface area contributed by atoms with E-state index in [0.29, 0.717) is 11.0 Å². The van der Waals surface area contributed by atoms with Crippen LogP contribution in [0.5, 0.6) is 0 Å². The highest BCUT2D eigenvalue weighted by Gasteiger charge is 2.32. The van der Waals surface area contributed by atoms with Gasteiger partial charge in [0.05, 0.1) is 5.39 Å². The molecule has 142 valence electrons. The highest BCUT2D eigenvalue weighted by molar-refractivity contribution is 7.89. The molecule has 0 unspecified atom stereocenters. The lowest BCUT2D eigenvalue weighted by Crippen LogP contribution is -2.45. The third-order valence-corrected chi connectivity index (χ3v) is 7.25. The number of nitrogens with one attached hydrogen (secondary N) is 1. The molecule has 0 spiro atoms. The first kappa shape index (κ1) is 18.1. The predicted octanol–water partition coefficient (Wildman–Crippen LogP) is 2.24. The Labute approximate surface area is 159 Å². The Morgan fingerprint density at radius 1 is 1.22 bits per heavy atom. The summed E-state index contributed by atoms with van der Waals surface area (Å²) in [5, 5.41) is 0.533. The van der Waals surface area contributed by atoms with Crippen molar-refractivity contribution >= 4 is 21.1 Å². The number of benzene rings is 1. The fraction of sp³-hybridized carbons (Fsp3) is 0.368. The number of hydrogen-bond donors (Lipinski definition) is 1. The summed E-state index contributed by atoms with van der Waals surface area (Å²) in [5.41, 5.74) is 1.82. The molecule has 27 heavy (non-hydrogen) atoms. The molecule has 1 saturated heterocycles. The molecule has 0 aliphatic carbocycles. The normalized spacial score (nSPS) is 17.0. The molecule has 3 heterocycles. The van der Waals surface area contributed by atoms with Gasteiger partial charge in [0, 0.05) is 45.1 Å². The van der Waals surface area contributed by atoms with E-state index >= 15 is 0 Å². The smallest absolute Gasteiger partial charge is 0.245 e. The van der Waals surface area contributed by atoms with Gasteiger partial charge in [-0.05, 0) is 18.4 Å². The Hall–Kier alpha value is -2.29. The van der Waals surface area contributed by atoms with Crippen LogP contribution in [0, 0.1) is 0 Å². The molecule has 1 N–H and O–H groups in total. The molecule has 8 heteroatoms. The highest BCUT2D eigenvalue weighted by atomic mass is 32.2. The van der Waals surface area contributed by atoms with Crippen LogP contribution >= 0.6 is 0 Å². The van der Waals surface area contributed by atoms with Crippen LogP contribution in [0.4, 0.5) is 0 Å². The zero-order valence-corrected chi connectivity index (χ0v) is 16.1. The second-order valence-electron chi connectivity index (χ2n) is 6.95. The lowest BCUT2D eigenvalue weighted by atomic mass is 10.0. The van der Waals surface area contributed by atoms with Gasteiger partial charge in [0.15, 0.2) is 0 Å². The molecule has 0 amide bonds. The summed E-state index contributed by atoms with van der Waals surface area (Å²) in [6.45, 7) is 2.68. The van der Waals surface area contributed by atoms with Gasteiger partial charge in [-0.3, -0.25) is 4.90 Å². The van der Waals surface area contributed by atoms with E-state index in [0.717, 1.165) is 32.5 Å². The largest absolute Gasteiger partial charge is 0.345 e. The number of H-pyrrole nitrogens is 1. The van der Waals surface area contributed by atoms with Crippen LogP contribution in [0.2, 0.25) is 0 Å². The zero-order valence-electron chi connectivity index (χ0n) is 15.2. The molecule has 4 rings (SSSR count). The summed E-state index contributed by atoms with van der Waals surface area (Å²) < 4.78 is 27.7. The third-order valence-electron chi connectivity index (χ3n) is 5.30. The van der Waals surface area contributed by atoms with Crippen LogP contribution in [0.25, 0.3) is 11.0 Å². The SMILES string of the molecule is CN(C1CCN(Cc2ccccc2)CC1)S(=O)(=O)c1c[nH]c2ncncc12. The molecule has 1 aliphatic heterocycles. The Bertz CT molecular complexity index is 1010. The monoisotopic (exact) mass is 385 g/mol. The van der Waals surface area contributed by atoms with Gasteiger partial charge in [0.1, 0.15) is 16.9 Å². The van der Waals surface area contributed by atoms with Crippen molar-refractivity contribution in [1.82, 2.24) is 24.2 Å². The first-order valence-corrected chi connectivity index (χ1v) is 10.5. The van der Waals surface area contributed by atoms with Gasteiger partial charge < -0.3 is 4.98 Å². The van der Waals surface area contributed by atoms with Crippen LogP contribution in [0.1, 0.15) is 18.4 Å². The summed E-state index contributed by atoms with van der Waals surface area (Å²) in [5.74, 6) is 0. The average molecular weight is 385 g/mol. The average Bonchev–Trinajstić information content (AvgIpc) is 3.14. The number of piperidine rings is 1. The number of aromatic amines is 1. The minimum Gasteiger partial charge on any atom is -0.345 e. The van der Waals surface area contributed by atoms with E-state index in [1.807, 2.05) is 18.2 Å². The Balaban J connectivity index is 1.45. The molecule has 0 bridgehead atoms. The molecule has 1 aliphatic rings. The second kappa shape index (κ2) is 7.38. The summed E-state index contributed by atoms with van der Waals surface area (Å²) in [4.78, 5) is 13.6. The van der Waals surface area contributed by atoms with Crippen molar-refractivity contribution in [2.24, 2.45) is 0 Å². The Morgan fingerprint density at radius 2 is 1.96 bits per heavy atom. The molecule has 0 atom stereocenters. The van der Waals surface area contributed by atoms with E-state index in [4.69, 9.17) is 0 Å². The van der Waals surface area contributed by atoms with E-state index in [9.17, 15) is 8.42 Å². The number of aromatic nitrogens is 3. The molecule has 1 aromatic carbocycles. The number of likely N-dealkylation sites (tertiary alicyclic amines) is 1. The van der Waals surface area contributed by atoms with Crippen LogP contribution in [-0.4, -0.2) is 58.8 Å². The van der Waals surface area contributed by atoms with Gasteiger partial charge in [-0.1, -0.05) is 30.3 Å². The van der Waals surface area contributed by atoms with Crippen molar-refractivity contribution in [3.05, 3.63) is 54.6 Å². The quantitative estimate of drug-likeness (QED) is 0.728. The summed E-state index contributed by atoms with van der Waals surface area (Å²) in [7, 11) is -1.92. The van der Waals surface area contributed by atoms with E-state index in [-0.39, 0.29) is 10.9 Å². The number of fused-ring (bicyclic) bond motifs is 1. The van der Waals surface area contributed by atoms with Crippen LogP contribution < -0.4 is 0 Å². The first-order valence-electron chi connectivity index (χ1n) is 9.07. The maximum absolute atomic E-state index is 13.1. The number of sulfonamides is 1. The minimum absolute atomic E-state index is 0.00314. The molecule has 0 saturated carbocycles. The Morgan fingerprint density at radius 3 is 2.70 bits per heavy atom. The maximum atomic E-state index is 13.1. The maximum Gasteiger partial charge on any atom is 0.245 e. The summed E-state index contributed by atoms with van der Waals surface area (Å²) >= 11 is 0. The number of hydrogen-bond acceptors (Lipinski definition) is 5. The zero-order chi connectivity index (χ0) is 18.9. The van der Waals surface area contributed by atoms with Crippen LogP contribution in [0.3, 0.4) is 0 Å². The topological polar surface area (TPSA) is 82.2 Å². The molecule has 3 aromatic rings. The summed E-state index contributed by atoms with van der Waals surface area (Å²) in [6, 6.07) is 10.4. The third kappa shape index (κ3) is 3.60. The van der Waals surface area contributed by atoms with Gasteiger partial charge in [-0.15, -0.1) is 0 Å². The van der Waals surface area contributed by atoms with Gasteiger partial charge in [0.2, 0.25) is 10.0 Å². The van der Waals surface area contributed by atoms with Crippen molar-refractivity contribution in [2.45, 2.75) is 30.3 Å². The molecule has 1 fully saturated rings. The van der Waals surface area contributed by atoms with Crippen molar-refractivity contribution in [1.29, 1.82) is 0 Å². The van der Waals surface area contributed by atoms with Gasteiger partial charge in [0.25, 0.3) is 0 Å². The van der Waals surface area contributed by atoms with Crippen LogP contribution in [0.15, 0.2) is 53.9 Å². The second-order valence-corrected chi connectivity index (χ2v) is 8.92. The van der Waals surface area contributed by atoms with Crippen molar-refractivity contribution in [3.8, 4) is 0 Å². The van der Waals surface area contributed by atoms with E-state index in [1.165, 1.54) is 22.4 Å². The standard InChI is InChI=1S/C19H23N5O2S/c1-23(27(25,26)18-12-21-19-17(18)11-20-14-22-19)16-7-9-24(10-8-16)13-15-5-3-2-4-6-15/h2-6,11-12,14,16H,7-10,13H2,1H3,(H,20,21,22). The lowest BCUT2D eigenvalue weighted by Gasteiger charge is -2.36. The van der Waals surface area contributed by atoms with Gasteiger partial charge in [-0.25, -0.2) is 18.4 Å². The van der Waals surface area contributed by atoms with Gasteiger partial charge >= 0.3 is 0 Å². The fourth-order valence-corrected chi connectivity index (χ4v) is 5.23. The van der Waals surface area contributed by atoms with Crippen molar-refractivity contribution < 1.29 is 8.42 Å². The molecular weight excluding hydrogens is 362 g/mol. The van der Waals surface area contributed by atoms with E-state index in [2.05, 4.69) is 32.0 Å². The predicted molar refractivity (Wildman–Crippen MR) is 104 cm³/mol. The fourth-order valence-electron chi connectivity index (χ4n) is 3.68. The van der Waals surface area contributed by atoms with Crippen molar-refractivity contribution in [2.75, 3.05) is 20.1 Å². The number of nitrogens with zero attached hydrogens (tertiary/aromatic N) is 4. The number of rotatable bonds is 5. The molecule has 2 aromatic heterocycles.